The van der Waals surface area contributed by atoms with Gasteiger partial charge in [-0.05, 0) is 32.9 Å². The van der Waals surface area contributed by atoms with E-state index in [0.29, 0.717) is 6.04 Å². The summed E-state index contributed by atoms with van der Waals surface area (Å²) in [5, 5.41) is 0. The molecule has 0 radical (unpaired) electrons. The van der Waals surface area contributed by atoms with Crippen molar-refractivity contribution in [1.82, 2.24) is 9.80 Å². The fourth-order valence-corrected chi connectivity index (χ4v) is 2.63. The van der Waals surface area contributed by atoms with Gasteiger partial charge in [0.05, 0.1) is 6.04 Å². The van der Waals surface area contributed by atoms with Gasteiger partial charge in [-0.25, -0.2) is 0 Å². The highest BCUT2D eigenvalue weighted by molar-refractivity contribution is 5.79. The zero-order valence-electron chi connectivity index (χ0n) is 10.8. The first-order valence-corrected chi connectivity index (χ1v) is 6.33. The lowest BCUT2D eigenvalue weighted by atomic mass is 10.1. The Labute approximate surface area is 98.8 Å². The van der Waals surface area contributed by atoms with Gasteiger partial charge in [-0.1, -0.05) is 13.8 Å². The molecule has 1 heterocycles. The third kappa shape index (κ3) is 3.19. The molecule has 0 aliphatic carbocycles. The Morgan fingerprint density at radius 3 is 2.62 bits per heavy atom. The number of carbonyl (C=O) groups excluding carboxylic acids is 1. The van der Waals surface area contributed by atoms with E-state index in [9.17, 15) is 4.79 Å². The number of hydrogen-bond acceptors (Lipinski definition) is 3. The molecule has 1 rings (SSSR count). The van der Waals surface area contributed by atoms with E-state index in [1.165, 1.54) is 0 Å². The molecule has 0 saturated carbocycles. The van der Waals surface area contributed by atoms with Crippen LogP contribution in [0.15, 0.2) is 0 Å². The summed E-state index contributed by atoms with van der Waals surface area (Å²) in [6.07, 6.45) is 3.01. The van der Waals surface area contributed by atoms with Gasteiger partial charge < -0.3 is 10.6 Å². The molecule has 2 unspecified atom stereocenters. The van der Waals surface area contributed by atoms with Gasteiger partial charge in [-0.2, -0.15) is 0 Å². The summed E-state index contributed by atoms with van der Waals surface area (Å²) in [5.74, 6) is -0.175. The summed E-state index contributed by atoms with van der Waals surface area (Å²) in [7, 11) is 2.15. The minimum atomic E-state index is -0.175. The van der Waals surface area contributed by atoms with Crippen molar-refractivity contribution in [3.05, 3.63) is 0 Å². The maximum Gasteiger partial charge on any atom is 0.234 e. The number of likely N-dealkylation sites (N-methyl/N-ethyl adjacent to an activating group) is 1. The fourth-order valence-electron chi connectivity index (χ4n) is 2.63. The first kappa shape index (κ1) is 13.5. The zero-order chi connectivity index (χ0) is 12.1. The van der Waals surface area contributed by atoms with Crippen LogP contribution in [0.4, 0.5) is 0 Å². The molecule has 1 aliphatic rings. The molecule has 0 aromatic heterocycles. The minimum absolute atomic E-state index is 0.0866. The Bertz CT molecular complexity index is 232. The van der Waals surface area contributed by atoms with Gasteiger partial charge in [0.2, 0.25) is 5.91 Å². The average molecular weight is 227 g/mol. The Hall–Kier alpha value is -0.610. The van der Waals surface area contributed by atoms with Crippen LogP contribution in [0.1, 0.15) is 33.1 Å². The highest BCUT2D eigenvalue weighted by Gasteiger charge is 2.30. The monoisotopic (exact) mass is 227 g/mol. The van der Waals surface area contributed by atoms with Crippen LogP contribution in [-0.4, -0.2) is 54.5 Å². The molecule has 1 saturated heterocycles. The topological polar surface area (TPSA) is 49.6 Å². The van der Waals surface area contributed by atoms with Gasteiger partial charge in [-0.15, -0.1) is 0 Å². The lowest BCUT2D eigenvalue weighted by molar-refractivity contribution is -0.124. The highest BCUT2D eigenvalue weighted by Crippen LogP contribution is 2.17. The van der Waals surface area contributed by atoms with E-state index in [-0.39, 0.29) is 11.9 Å². The highest BCUT2D eigenvalue weighted by atomic mass is 16.1. The maximum atomic E-state index is 11.5. The normalized spacial score (nSPS) is 26.3. The Kier molecular flexibility index (Phi) is 5.22. The van der Waals surface area contributed by atoms with Crippen LogP contribution >= 0.6 is 0 Å². The van der Waals surface area contributed by atoms with Gasteiger partial charge in [-0.3, -0.25) is 9.69 Å². The largest absolute Gasteiger partial charge is 0.368 e. The molecule has 0 aromatic rings. The molecule has 4 nitrogen and oxygen atoms in total. The molecular weight excluding hydrogens is 202 g/mol. The maximum absolute atomic E-state index is 11.5. The Morgan fingerprint density at radius 1 is 1.44 bits per heavy atom. The molecule has 0 aromatic carbocycles. The lowest BCUT2D eigenvalue weighted by Gasteiger charge is -2.34. The first-order valence-electron chi connectivity index (χ1n) is 6.33. The predicted molar refractivity (Wildman–Crippen MR) is 66.2 cm³/mol. The molecule has 4 heteroatoms. The Balaban J connectivity index is 2.77. The first-order chi connectivity index (χ1) is 7.60. The van der Waals surface area contributed by atoms with E-state index in [4.69, 9.17) is 5.73 Å². The van der Waals surface area contributed by atoms with Gasteiger partial charge in [0.25, 0.3) is 0 Å². The molecule has 0 spiro atoms. The molecular formula is C12H25N3O. The van der Waals surface area contributed by atoms with Crippen molar-refractivity contribution in [2.75, 3.05) is 26.7 Å². The third-order valence-corrected chi connectivity index (χ3v) is 3.53. The summed E-state index contributed by atoms with van der Waals surface area (Å²) < 4.78 is 0. The smallest absolute Gasteiger partial charge is 0.234 e. The number of rotatable bonds is 4. The van der Waals surface area contributed by atoms with E-state index in [0.717, 1.165) is 38.9 Å². The van der Waals surface area contributed by atoms with Gasteiger partial charge >= 0.3 is 0 Å². The summed E-state index contributed by atoms with van der Waals surface area (Å²) in [5.41, 5.74) is 5.49. The standard InChI is InChI=1S/C12H25N3O/c1-4-10-9-14(3)7-6-8-15(10)11(5-2)12(13)16/h10-11H,4-9H2,1-3H3,(H2,13,16). The van der Waals surface area contributed by atoms with Crippen LogP contribution in [-0.2, 0) is 4.79 Å². The summed E-state index contributed by atoms with van der Waals surface area (Å²) >= 11 is 0. The van der Waals surface area contributed by atoms with Crippen LogP contribution < -0.4 is 5.73 Å². The van der Waals surface area contributed by atoms with Crippen LogP contribution in [0.3, 0.4) is 0 Å². The molecule has 94 valence electrons. The van der Waals surface area contributed by atoms with E-state index < -0.39 is 0 Å². The summed E-state index contributed by atoms with van der Waals surface area (Å²) in [6.45, 7) is 7.37. The molecule has 1 aliphatic heterocycles. The number of nitrogens with two attached hydrogens (primary N) is 1. The van der Waals surface area contributed by atoms with Crippen molar-refractivity contribution in [3.8, 4) is 0 Å². The van der Waals surface area contributed by atoms with Crippen molar-refractivity contribution in [2.45, 2.75) is 45.2 Å². The zero-order valence-corrected chi connectivity index (χ0v) is 10.8. The van der Waals surface area contributed by atoms with E-state index >= 15 is 0 Å². The number of carbonyl (C=O) groups is 1. The number of amides is 1. The lowest BCUT2D eigenvalue weighted by Crippen LogP contribution is -2.51. The van der Waals surface area contributed by atoms with E-state index in [2.05, 4.69) is 23.8 Å². The van der Waals surface area contributed by atoms with Crippen molar-refractivity contribution in [3.63, 3.8) is 0 Å². The van der Waals surface area contributed by atoms with Crippen molar-refractivity contribution in [2.24, 2.45) is 5.73 Å². The van der Waals surface area contributed by atoms with Crippen LogP contribution in [0.25, 0.3) is 0 Å². The third-order valence-electron chi connectivity index (χ3n) is 3.53. The van der Waals surface area contributed by atoms with E-state index in [1.54, 1.807) is 0 Å². The summed E-state index contributed by atoms with van der Waals surface area (Å²) in [4.78, 5) is 16.1. The second kappa shape index (κ2) is 6.21. The fraction of sp³-hybridized carbons (Fsp3) is 0.917. The molecule has 16 heavy (non-hydrogen) atoms. The second-order valence-corrected chi connectivity index (χ2v) is 4.74. The van der Waals surface area contributed by atoms with Crippen LogP contribution in [0, 0.1) is 0 Å². The number of hydrogen-bond donors (Lipinski definition) is 1. The van der Waals surface area contributed by atoms with Crippen molar-refractivity contribution < 1.29 is 4.79 Å². The molecule has 1 amide bonds. The molecule has 2 atom stereocenters. The summed E-state index contributed by atoms with van der Waals surface area (Å²) in [6, 6.07) is 0.376. The van der Waals surface area contributed by atoms with Crippen LogP contribution in [0.5, 0.6) is 0 Å². The van der Waals surface area contributed by atoms with Gasteiger partial charge in [0, 0.05) is 19.1 Å². The number of nitrogens with zero attached hydrogens (tertiary/aromatic N) is 2. The van der Waals surface area contributed by atoms with Crippen molar-refractivity contribution >= 4 is 5.91 Å². The van der Waals surface area contributed by atoms with Crippen LogP contribution in [0.2, 0.25) is 0 Å². The van der Waals surface area contributed by atoms with Gasteiger partial charge in [0.15, 0.2) is 0 Å². The Morgan fingerprint density at radius 2 is 2.12 bits per heavy atom. The second-order valence-electron chi connectivity index (χ2n) is 4.74. The molecule has 0 bridgehead atoms. The predicted octanol–water partition coefficient (Wildman–Crippen LogP) is 0.666. The molecule has 2 N–H and O–H groups in total. The SMILES string of the molecule is CCC1CN(C)CCCN1C(CC)C(N)=O. The minimum Gasteiger partial charge on any atom is -0.368 e. The van der Waals surface area contributed by atoms with Crippen molar-refractivity contribution in [1.29, 1.82) is 0 Å². The molecule has 1 fully saturated rings. The van der Waals surface area contributed by atoms with E-state index in [1.807, 2.05) is 6.92 Å². The average Bonchev–Trinajstić information content (AvgIpc) is 2.41. The van der Waals surface area contributed by atoms with Gasteiger partial charge in [0.1, 0.15) is 0 Å². The number of primary amides is 1. The quantitative estimate of drug-likeness (QED) is 0.768.